The zero-order chi connectivity index (χ0) is 24.7. The van der Waals surface area contributed by atoms with Gasteiger partial charge in [-0.3, -0.25) is 9.30 Å². The maximum atomic E-state index is 14.5. The first-order valence-electron chi connectivity index (χ1n) is 11.9. The molecular weight excluding hydrogens is 447 g/mol. The fourth-order valence-electron chi connectivity index (χ4n) is 4.53. The standard InChI is InChI=1S/C26H31FN6O2/c1-16(34-4)14-35-23-12-22-18(11-20(23)27)5-7-21(29-22)25-31-30-24-8-6-19(13-33(24)25)17(2)32-10-9-26(3,28)15-32/h5-8,11-13,16-17H,9-10,14-15,28H2,1-4H3/t16-,17-,26+/m1/s1. The Morgan fingerprint density at radius 2 is 2.00 bits per heavy atom. The third kappa shape index (κ3) is 4.71. The number of pyridine rings is 2. The van der Waals surface area contributed by atoms with Crippen molar-refractivity contribution in [2.24, 2.45) is 5.73 Å². The monoisotopic (exact) mass is 478 g/mol. The van der Waals surface area contributed by atoms with Crippen LogP contribution in [0.4, 0.5) is 4.39 Å². The lowest BCUT2D eigenvalue weighted by atomic mass is 10.0. The number of halogens is 1. The van der Waals surface area contributed by atoms with E-state index in [1.807, 2.05) is 29.5 Å². The summed E-state index contributed by atoms with van der Waals surface area (Å²) in [6.45, 7) is 8.23. The maximum absolute atomic E-state index is 14.5. The summed E-state index contributed by atoms with van der Waals surface area (Å²) in [6, 6.07) is 11.0. The average Bonchev–Trinajstić information content (AvgIpc) is 3.44. The van der Waals surface area contributed by atoms with Gasteiger partial charge in [-0.15, -0.1) is 10.2 Å². The van der Waals surface area contributed by atoms with Gasteiger partial charge in [-0.25, -0.2) is 9.37 Å². The first-order chi connectivity index (χ1) is 16.7. The minimum absolute atomic E-state index is 0.144. The molecule has 0 bridgehead atoms. The molecule has 4 heterocycles. The van der Waals surface area contributed by atoms with Crippen LogP contribution in [0.25, 0.3) is 28.1 Å². The summed E-state index contributed by atoms with van der Waals surface area (Å²) in [6.07, 6.45) is 2.90. The number of nitrogens with zero attached hydrogens (tertiary/aromatic N) is 5. The van der Waals surface area contributed by atoms with Crippen LogP contribution in [-0.2, 0) is 4.74 Å². The van der Waals surface area contributed by atoms with E-state index >= 15 is 0 Å². The Bertz CT molecular complexity index is 1370. The van der Waals surface area contributed by atoms with Crippen molar-refractivity contribution in [1.29, 1.82) is 0 Å². The van der Waals surface area contributed by atoms with E-state index in [9.17, 15) is 4.39 Å². The van der Waals surface area contributed by atoms with Crippen LogP contribution in [0.5, 0.6) is 5.75 Å². The molecule has 8 nitrogen and oxygen atoms in total. The Morgan fingerprint density at radius 1 is 1.17 bits per heavy atom. The molecule has 1 aliphatic rings. The number of likely N-dealkylation sites (tertiary alicyclic amines) is 1. The normalized spacial score (nSPS) is 20.5. The van der Waals surface area contributed by atoms with Crippen molar-refractivity contribution in [2.75, 3.05) is 26.8 Å². The quantitative estimate of drug-likeness (QED) is 0.430. The van der Waals surface area contributed by atoms with Crippen molar-refractivity contribution in [3.63, 3.8) is 0 Å². The molecule has 2 N–H and O–H groups in total. The minimum Gasteiger partial charge on any atom is -0.488 e. The number of hydrogen-bond acceptors (Lipinski definition) is 7. The van der Waals surface area contributed by atoms with E-state index in [-0.39, 0.29) is 30.0 Å². The number of hydrogen-bond donors (Lipinski definition) is 1. The van der Waals surface area contributed by atoms with Crippen LogP contribution in [-0.4, -0.2) is 62.9 Å². The second kappa shape index (κ2) is 9.14. The van der Waals surface area contributed by atoms with Gasteiger partial charge in [0.15, 0.2) is 23.0 Å². The zero-order valence-corrected chi connectivity index (χ0v) is 20.5. The Labute approximate surface area is 203 Å². The Balaban J connectivity index is 1.48. The highest BCUT2D eigenvalue weighted by Gasteiger charge is 2.32. The predicted octanol–water partition coefficient (Wildman–Crippen LogP) is 3.98. The van der Waals surface area contributed by atoms with Crippen molar-refractivity contribution < 1.29 is 13.9 Å². The zero-order valence-electron chi connectivity index (χ0n) is 20.5. The first-order valence-corrected chi connectivity index (χ1v) is 11.9. The molecule has 4 aromatic rings. The third-order valence-corrected chi connectivity index (χ3v) is 6.84. The van der Waals surface area contributed by atoms with Crippen LogP contribution in [0.3, 0.4) is 0 Å². The number of aromatic nitrogens is 4. The molecule has 1 aromatic carbocycles. The first kappa shape index (κ1) is 23.6. The summed E-state index contributed by atoms with van der Waals surface area (Å²) in [7, 11) is 1.59. The van der Waals surface area contributed by atoms with Crippen LogP contribution in [0.15, 0.2) is 42.6 Å². The van der Waals surface area contributed by atoms with Crippen molar-refractivity contribution in [3.05, 3.63) is 54.0 Å². The smallest absolute Gasteiger partial charge is 0.187 e. The predicted molar refractivity (Wildman–Crippen MR) is 133 cm³/mol. The topological polar surface area (TPSA) is 90.8 Å². The van der Waals surface area contributed by atoms with Gasteiger partial charge in [0.1, 0.15) is 12.3 Å². The van der Waals surface area contributed by atoms with Crippen LogP contribution >= 0.6 is 0 Å². The molecule has 0 radical (unpaired) electrons. The highest BCUT2D eigenvalue weighted by atomic mass is 19.1. The molecule has 0 amide bonds. The highest BCUT2D eigenvalue weighted by molar-refractivity contribution is 5.82. The van der Waals surface area contributed by atoms with Gasteiger partial charge >= 0.3 is 0 Å². The molecular formula is C26H31FN6O2. The molecule has 1 saturated heterocycles. The second-order valence-electron chi connectivity index (χ2n) is 9.79. The number of benzene rings is 1. The number of ether oxygens (including phenoxy) is 2. The minimum atomic E-state index is -0.433. The van der Waals surface area contributed by atoms with E-state index in [1.165, 1.54) is 6.07 Å². The summed E-state index contributed by atoms with van der Waals surface area (Å²) in [5.74, 6) is 0.337. The molecule has 1 fully saturated rings. The molecule has 1 aliphatic heterocycles. The SMILES string of the molecule is CO[C@H](C)COc1cc2nc(-c3nnc4ccc([C@@H](C)N5CC[C@](C)(N)C5)cn34)ccc2cc1F. The van der Waals surface area contributed by atoms with Gasteiger partial charge in [-0.1, -0.05) is 12.1 Å². The van der Waals surface area contributed by atoms with Gasteiger partial charge in [-0.05, 0) is 51.0 Å². The van der Waals surface area contributed by atoms with Crippen molar-refractivity contribution in [1.82, 2.24) is 24.5 Å². The summed E-state index contributed by atoms with van der Waals surface area (Å²) in [4.78, 5) is 7.16. The van der Waals surface area contributed by atoms with Gasteiger partial charge < -0.3 is 15.2 Å². The molecule has 3 atom stereocenters. The highest BCUT2D eigenvalue weighted by Crippen LogP contribution is 2.30. The van der Waals surface area contributed by atoms with Gasteiger partial charge in [0, 0.05) is 49.4 Å². The van der Waals surface area contributed by atoms with Crippen LogP contribution in [0.2, 0.25) is 0 Å². The molecule has 184 valence electrons. The molecule has 3 aromatic heterocycles. The second-order valence-corrected chi connectivity index (χ2v) is 9.79. The van der Waals surface area contributed by atoms with E-state index in [1.54, 1.807) is 13.2 Å². The Hall–Kier alpha value is -3.14. The van der Waals surface area contributed by atoms with E-state index in [0.717, 1.165) is 30.7 Å². The summed E-state index contributed by atoms with van der Waals surface area (Å²) >= 11 is 0. The number of rotatable bonds is 7. The van der Waals surface area contributed by atoms with Gasteiger partial charge in [0.25, 0.3) is 0 Å². The van der Waals surface area contributed by atoms with E-state index in [4.69, 9.17) is 20.2 Å². The summed E-state index contributed by atoms with van der Waals surface area (Å²) < 4.78 is 27.3. The number of nitrogens with two attached hydrogens (primary N) is 1. The summed E-state index contributed by atoms with van der Waals surface area (Å²) in [5.41, 5.74) is 9.35. The Morgan fingerprint density at radius 3 is 2.74 bits per heavy atom. The van der Waals surface area contributed by atoms with Crippen molar-refractivity contribution in [2.45, 2.75) is 44.9 Å². The van der Waals surface area contributed by atoms with Gasteiger partial charge in [0.2, 0.25) is 0 Å². The Kier molecular flexibility index (Phi) is 6.16. The maximum Gasteiger partial charge on any atom is 0.187 e. The van der Waals surface area contributed by atoms with E-state index in [2.05, 4.69) is 41.2 Å². The summed E-state index contributed by atoms with van der Waals surface area (Å²) in [5, 5.41) is 9.41. The number of methoxy groups -OCH3 is 1. The van der Waals surface area contributed by atoms with Crippen molar-refractivity contribution in [3.8, 4) is 17.3 Å². The molecule has 0 aliphatic carbocycles. The molecule has 0 spiro atoms. The fourth-order valence-corrected chi connectivity index (χ4v) is 4.53. The molecule has 0 saturated carbocycles. The largest absolute Gasteiger partial charge is 0.488 e. The van der Waals surface area contributed by atoms with Gasteiger partial charge in [0.05, 0.1) is 11.6 Å². The van der Waals surface area contributed by atoms with Crippen LogP contribution in [0.1, 0.15) is 38.8 Å². The number of fused-ring (bicyclic) bond motifs is 2. The molecule has 0 unspecified atom stereocenters. The third-order valence-electron chi connectivity index (χ3n) is 6.84. The van der Waals surface area contributed by atoms with Crippen molar-refractivity contribution >= 4 is 16.6 Å². The van der Waals surface area contributed by atoms with Crippen LogP contribution in [0, 0.1) is 5.82 Å². The lowest BCUT2D eigenvalue weighted by Gasteiger charge is -2.26. The molecule has 5 rings (SSSR count). The molecule has 35 heavy (non-hydrogen) atoms. The molecule has 9 heteroatoms. The lowest BCUT2D eigenvalue weighted by molar-refractivity contribution is 0.0702. The average molecular weight is 479 g/mol. The van der Waals surface area contributed by atoms with E-state index < -0.39 is 5.82 Å². The fraction of sp³-hybridized carbons (Fsp3) is 0.423. The lowest BCUT2D eigenvalue weighted by Crippen LogP contribution is -2.39. The van der Waals surface area contributed by atoms with Gasteiger partial charge in [-0.2, -0.15) is 0 Å². The van der Waals surface area contributed by atoms with Crippen LogP contribution < -0.4 is 10.5 Å². The van der Waals surface area contributed by atoms with E-state index in [0.29, 0.717) is 22.4 Å².